The van der Waals surface area contributed by atoms with E-state index in [1.54, 1.807) is 0 Å². The summed E-state index contributed by atoms with van der Waals surface area (Å²) in [4.78, 5) is 24.5. The monoisotopic (exact) mass is 745 g/mol. The molecule has 0 saturated heterocycles. The van der Waals surface area contributed by atoms with E-state index in [1.165, 1.54) is 161 Å². The molecule has 0 saturated carbocycles. The summed E-state index contributed by atoms with van der Waals surface area (Å²) < 4.78 is 43.3. The van der Waals surface area contributed by atoms with Gasteiger partial charge in [0.05, 0.1) is 19.6 Å². The summed E-state index contributed by atoms with van der Waals surface area (Å²) >= 11 is 0. The third-order valence-electron chi connectivity index (χ3n) is 9.48. The Bertz CT molecular complexity index is 821. The van der Waals surface area contributed by atoms with Gasteiger partial charge in [-0.3, -0.25) is 14.1 Å². The zero-order valence-corrected chi connectivity index (χ0v) is 32.4. The van der Waals surface area contributed by atoms with Crippen molar-refractivity contribution >= 4 is 59.8 Å². The molecule has 0 aromatic carbocycles. The topological polar surface area (TPSA) is 107 Å². The van der Waals surface area contributed by atoms with Gasteiger partial charge in [-0.25, -0.2) is 0 Å². The fraction of sp³-hybridized carbons (Fsp3) is 0.950. The number of ether oxygens (including phenoxy) is 2. The molecule has 0 aliphatic carbocycles. The summed E-state index contributed by atoms with van der Waals surface area (Å²) in [6, 6.07) is 0. The van der Waals surface area contributed by atoms with Crippen molar-refractivity contribution in [1.29, 1.82) is 0 Å². The molecule has 7 nitrogen and oxygen atoms in total. The Morgan fingerprint density at radius 1 is 0.449 bits per heavy atom. The zero-order chi connectivity index (χ0) is 35.4. The Morgan fingerprint density at radius 3 is 0.959 bits per heavy atom. The fourth-order valence-corrected chi connectivity index (χ4v) is 6.93. The second kappa shape index (κ2) is 39.3. The summed E-state index contributed by atoms with van der Waals surface area (Å²) in [7, 11) is -4.77. The number of hydrogen-bond donors (Lipinski definition) is 1. The molecule has 0 radical (unpaired) electrons. The van der Waals surface area contributed by atoms with Gasteiger partial charge in [0.15, 0.2) is 5.25 Å². The van der Waals surface area contributed by atoms with Crippen LogP contribution in [0.5, 0.6) is 0 Å². The number of unbranched alkanes of at least 4 members (excludes halogenated alkanes) is 30. The van der Waals surface area contributed by atoms with E-state index in [-0.39, 0.29) is 51.0 Å². The van der Waals surface area contributed by atoms with E-state index in [9.17, 15) is 22.6 Å². The first-order valence-corrected chi connectivity index (χ1v) is 22.1. The average Bonchev–Trinajstić information content (AvgIpc) is 3.05. The average molecular weight is 745 g/mol. The van der Waals surface area contributed by atoms with Crippen LogP contribution in [-0.2, 0) is 29.2 Å². The Balaban J connectivity index is 0. The fourth-order valence-electron chi connectivity index (χ4n) is 6.27. The number of carbonyl (C=O) groups is 2. The molecule has 0 spiro atoms. The van der Waals surface area contributed by atoms with Crippen LogP contribution in [0.1, 0.15) is 226 Å². The van der Waals surface area contributed by atoms with Gasteiger partial charge in [0.2, 0.25) is 0 Å². The molecular formula is C40H80CaO7S. The normalized spacial score (nSPS) is 12.1. The van der Waals surface area contributed by atoms with E-state index < -0.39 is 33.7 Å². The molecule has 0 aromatic rings. The Morgan fingerprint density at radius 2 is 0.694 bits per heavy atom. The Hall–Kier alpha value is 0.110. The molecule has 0 bridgehead atoms. The quantitative estimate of drug-likeness (QED) is 0.0290. The van der Waals surface area contributed by atoms with Crippen LogP contribution in [0.2, 0.25) is 0 Å². The molecule has 0 rings (SSSR count). The molecule has 1 atom stereocenters. The van der Waals surface area contributed by atoms with Gasteiger partial charge in [-0.1, -0.05) is 206 Å². The van der Waals surface area contributed by atoms with Crippen LogP contribution in [0.3, 0.4) is 0 Å². The van der Waals surface area contributed by atoms with Crippen molar-refractivity contribution < 1.29 is 32.0 Å². The first-order chi connectivity index (χ1) is 23.3. The van der Waals surface area contributed by atoms with Crippen LogP contribution >= 0.6 is 0 Å². The van der Waals surface area contributed by atoms with Gasteiger partial charge in [0, 0.05) is 0 Å². The standard InChI is InChI=1S/C40H78O7S.Ca.2H/c1-3-5-7-9-11-13-15-17-19-21-23-25-27-29-31-33-35-46-39(41)37-38(48(43,44)45)40(42)47-36-34-32-30-28-26-24-22-20-18-16-14-12-10-8-6-4-2;;;/h38H,3-37H2,1-2H3,(H,43,44,45);;;. The molecule has 0 aliphatic rings. The molecule has 0 aromatic heterocycles. The number of esters is 2. The summed E-state index contributed by atoms with van der Waals surface area (Å²) in [5, 5.41) is -1.93. The Labute approximate surface area is 333 Å². The molecule has 9 heteroatoms. The maximum absolute atomic E-state index is 12.3. The molecular weight excluding hydrogens is 665 g/mol. The van der Waals surface area contributed by atoms with Crippen LogP contribution in [0.15, 0.2) is 0 Å². The van der Waals surface area contributed by atoms with E-state index in [0.717, 1.165) is 32.1 Å². The van der Waals surface area contributed by atoms with Crippen molar-refractivity contribution in [1.82, 2.24) is 0 Å². The molecule has 0 amide bonds. The number of rotatable bonds is 38. The van der Waals surface area contributed by atoms with E-state index in [4.69, 9.17) is 9.47 Å². The first kappa shape index (κ1) is 51.2. The SMILES string of the molecule is CCCCCCCCCCCCCCCCCCOC(=O)CC(C(=O)OCCCCCCCCCCCCCCCCCC)S(=O)(=O)O.[CaH2]. The van der Waals surface area contributed by atoms with Crippen LogP contribution < -0.4 is 0 Å². The minimum absolute atomic E-state index is 0. The van der Waals surface area contributed by atoms with Gasteiger partial charge in [-0.05, 0) is 12.8 Å². The molecule has 0 aliphatic heterocycles. The maximum atomic E-state index is 12.3. The first-order valence-electron chi connectivity index (χ1n) is 20.6. The van der Waals surface area contributed by atoms with Crippen molar-refractivity contribution in [3.05, 3.63) is 0 Å². The molecule has 0 heterocycles. The Kier molecular flexibility index (Phi) is 41.1. The van der Waals surface area contributed by atoms with E-state index >= 15 is 0 Å². The van der Waals surface area contributed by atoms with Crippen molar-refractivity contribution in [2.75, 3.05) is 13.2 Å². The van der Waals surface area contributed by atoms with Crippen molar-refractivity contribution in [2.24, 2.45) is 0 Å². The molecule has 1 unspecified atom stereocenters. The van der Waals surface area contributed by atoms with Gasteiger partial charge in [-0.2, -0.15) is 8.42 Å². The van der Waals surface area contributed by atoms with Crippen LogP contribution in [0.25, 0.3) is 0 Å². The predicted octanol–water partition coefficient (Wildman–Crippen LogP) is 11.3. The minimum atomic E-state index is -4.77. The van der Waals surface area contributed by atoms with Crippen molar-refractivity contribution in [2.45, 2.75) is 231 Å². The van der Waals surface area contributed by atoms with Crippen molar-refractivity contribution in [3.63, 3.8) is 0 Å². The van der Waals surface area contributed by atoms with E-state index in [2.05, 4.69) is 13.8 Å². The molecule has 0 fully saturated rings. The zero-order valence-electron chi connectivity index (χ0n) is 31.6. The van der Waals surface area contributed by atoms with Gasteiger partial charge in [0.25, 0.3) is 10.1 Å². The third-order valence-corrected chi connectivity index (χ3v) is 10.6. The van der Waals surface area contributed by atoms with Gasteiger partial charge in [-0.15, -0.1) is 0 Å². The second-order valence-corrected chi connectivity index (χ2v) is 15.8. The second-order valence-electron chi connectivity index (χ2n) is 14.2. The molecule has 290 valence electrons. The van der Waals surface area contributed by atoms with Crippen LogP contribution in [0, 0.1) is 0 Å². The van der Waals surface area contributed by atoms with Gasteiger partial charge >= 0.3 is 49.7 Å². The van der Waals surface area contributed by atoms with E-state index in [0.29, 0.717) is 12.8 Å². The summed E-state index contributed by atoms with van der Waals surface area (Å²) in [6.07, 6.45) is 39.0. The summed E-state index contributed by atoms with van der Waals surface area (Å²) in [6.45, 7) is 4.78. The van der Waals surface area contributed by atoms with Crippen LogP contribution in [0.4, 0.5) is 0 Å². The van der Waals surface area contributed by atoms with Crippen LogP contribution in [-0.4, -0.2) is 81.1 Å². The number of hydrogen-bond acceptors (Lipinski definition) is 6. The summed E-state index contributed by atoms with van der Waals surface area (Å²) in [5.74, 6) is -1.89. The van der Waals surface area contributed by atoms with Crippen molar-refractivity contribution in [3.8, 4) is 0 Å². The number of carbonyl (C=O) groups excluding carboxylic acids is 2. The predicted molar refractivity (Wildman–Crippen MR) is 210 cm³/mol. The van der Waals surface area contributed by atoms with Gasteiger partial charge < -0.3 is 9.47 Å². The molecule has 49 heavy (non-hydrogen) atoms. The molecule has 1 N–H and O–H groups in total. The van der Waals surface area contributed by atoms with E-state index in [1.807, 2.05) is 0 Å². The van der Waals surface area contributed by atoms with Gasteiger partial charge in [0.1, 0.15) is 0 Å². The summed E-state index contributed by atoms with van der Waals surface area (Å²) in [5.41, 5.74) is 0. The third kappa shape index (κ3) is 37.7.